The van der Waals surface area contributed by atoms with Gasteiger partial charge in [-0.15, -0.1) is 5.10 Å². The van der Waals surface area contributed by atoms with Crippen molar-refractivity contribution in [1.82, 2.24) is 29.7 Å². The molecule has 8 nitrogen and oxygen atoms in total. The summed E-state index contributed by atoms with van der Waals surface area (Å²) < 4.78 is 9.10. The van der Waals surface area contributed by atoms with E-state index in [4.69, 9.17) is 4.74 Å². The Morgan fingerprint density at radius 2 is 2.08 bits per heavy atom. The van der Waals surface area contributed by atoms with Gasteiger partial charge in [-0.1, -0.05) is 23.4 Å². The Bertz CT molecular complexity index is 946. The number of ether oxygens (including phenoxy) is 1. The Morgan fingerprint density at radius 3 is 2.81 bits per heavy atom. The van der Waals surface area contributed by atoms with E-state index in [1.165, 1.54) is 0 Å². The van der Waals surface area contributed by atoms with E-state index in [2.05, 4.69) is 15.4 Å². The lowest BCUT2D eigenvalue weighted by Crippen LogP contribution is -2.31. The van der Waals surface area contributed by atoms with Gasteiger partial charge in [-0.25, -0.2) is 0 Å². The average molecular weight is 354 g/mol. The highest BCUT2D eigenvalue weighted by Gasteiger charge is 2.38. The molecule has 26 heavy (non-hydrogen) atoms. The lowest BCUT2D eigenvalue weighted by Gasteiger charge is -2.15. The number of aryl methyl sites for hydroxylation is 2. The molecule has 1 aromatic carbocycles. The van der Waals surface area contributed by atoms with Crippen LogP contribution in [0.4, 0.5) is 0 Å². The van der Waals surface area contributed by atoms with Gasteiger partial charge < -0.3 is 9.64 Å². The van der Waals surface area contributed by atoms with Crippen molar-refractivity contribution in [2.45, 2.75) is 18.4 Å². The fourth-order valence-electron chi connectivity index (χ4n) is 3.71. The van der Waals surface area contributed by atoms with Crippen LogP contribution in [0.15, 0.2) is 30.5 Å². The third kappa shape index (κ3) is 2.86. The zero-order valence-electron chi connectivity index (χ0n) is 15.2. The maximum atomic E-state index is 12.9. The SMILES string of the molecule is CO[C@@H]1CN(C(=O)Cc2nn(C)c3ccccc23)C[C@H]1c1cn(C)nn1. The van der Waals surface area contributed by atoms with Crippen molar-refractivity contribution in [2.24, 2.45) is 14.1 Å². The molecule has 0 bridgehead atoms. The van der Waals surface area contributed by atoms with Gasteiger partial charge in [0.2, 0.25) is 5.91 Å². The van der Waals surface area contributed by atoms with Crippen LogP contribution >= 0.6 is 0 Å². The van der Waals surface area contributed by atoms with Crippen molar-refractivity contribution < 1.29 is 9.53 Å². The van der Waals surface area contributed by atoms with Crippen LogP contribution in [0.5, 0.6) is 0 Å². The third-order valence-electron chi connectivity index (χ3n) is 5.07. The van der Waals surface area contributed by atoms with Gasteiger partial charge in [0.05, 0.1) is 35.3 Å². The molecule has 0 spiro atoms. The number of likely N-dealkylation sites (tertiary alicyclic amines) is 1. The lowest BCUT2D eigenvalue weighted by molar-refractivity contribution is -0.129. The Labute approximate surface area is 151 Å². The highest BCUT2D eigenvalue weighted by Crippen LogP contribution is 2.29. The van der Waals surface area contributed by atoms with Crippen LogP contribution in [0.2, 0.25) is 0 Å². The number of hydrogen-bond acceptors (Lipinski definition) is 5. The van der Waals surface area contributed by atoms with Crippen molar-refractivity contribution in [3.8, 4) is 0 Å². The molecule has 1 aliphatic rings. The summed E-state index contributed by atoms with van der Waals surface area (Å²) in [6, 6.07) is 7.97. The molecule has 2 atom stereocenters. The highest BCUT2D eigenvalue weighted by atomic mass is 16.5. The first-order valence-corrected chi connectivity index (χ1v) is 8.64. The van der Waals surface area contributed by atoms with Gasteiger partial charge in [-0.05, 0) is 6.07 Å². The van der Waals surface area contributed by atoms with Crippen LogP contribution in [0.1, 0.15) is 17.3 Å². The van der Waals surface area contributed by atoms with Crippen molar-refractivity contribution in [2.75, 3.05) is 20.2 Å². The number of carbonyl (C=O) groups is 1. The molecule has 3 heterocycles. The summed E-state index contributed by atoms with van der Waals surface area (Å²) in [6.07, 6.45) is 2.10. The standard InChI is InChI=1S/C18H22N6O2/c1-22-10-15(19-21-22)13-9-24(11-17(13)26-3)18(25)8-14-12-6-4-5-7-16(12)23(2)20-14/h4-7,10,13,17H,8-9,11H2,1-3H3/t13-,17+/m0/s1. The quantitative estimate of drug-likeness (QED) is 0.695. The molecular formula is C18H22N6O2. The molecule has 0 saturated carbocycles. The summed E-state index contributed by atoms with van der Waals surface area (Å²) in [5.74, 6) is 0.0976. The first-order valence-electron chi connectivity index (χ1n) is 8.64. The number of hydrogen-bond donors (Lipinski definition) is 0. The van der Waals surface area contributed by atoms with E-state index in [1.54, 1.807) is 11.8 Å². The number of benzene rings is 1. The van der Waals surface area contributed by atoms with Gasteiger partial charge in [0, 0.05) is 45.9 Å². The molecule has 0 N–H and O–H groups in total. The molecule has 4 rings (SSSR count). The lowest BCUT2D eigenvalue weighted by atomic mass is 10.0. The van der Waals surface area contributed by atoms with E-state index in [0.29, 0.717) is 13.1 Å². The minimum Gasteiger partial charge on any atom is -0.379 e. The molecule has 136 valence electrons. The summed E-state index contributed by atoms with van der Waals surface area (Å²) >= 11 is 0. The fourth-order valence-corrected chi connectivity index (χ4v) is 3.71. The largest absolute Gasteiger partial charge is 0.379 e. The van der Waals surface area contributed by atoms with E-state index >= 15 is 0 Å². The van der Waals surface area contributed by atoms with E-state index < -0.39 is 0 Å². The Kier molecular flexibility index (Phi) is 4.20. The summed E-state index contributed by atoms with van der Waals surface area (Å²) in [7, 11) is 5.41. The van der Waals surface area contributed by atoms with Crippen LogP contribution < -0.4 is 0 Å². The molecule has 0 radical (unpaired) electrons. The third-order valence-corrected chi connectivity index (χ3v) is 5.07. The molecule has 0 unspecified atom stereocenters. The second-order valence-electron chi connectivity index (χ2n) is 6.76. The normalized spacial score (nSPS) is 20.2. The second-order valence-corrected chi connectivity index (χ2v) is 6.76. The molecule has 1 amide bonds. The molecule has 1 saturated heterocycles. The number of aromatic nitrogens is 5. The highest BCUT2D eigenvalue weighted by molar-refractivity contribution is 5.87. The van der Waals surface area contributed by atoms with Crippen molar-refractivity contribution in [3.63, 3.8) is 0 Å². The maximum absolute atomic E-state index is 12.9. The number of amides is 1. The number of methoxy groups -OCH3 is 1. The van der Waals surface area contributed by atoms with Crippen molar-refractivity contribution in [1.29, 1.82) is 0 Å². The second kappa shape index (κ2) is 6.53. The van der Waals surface area contributed by atoms with Gasteiger partial charge in [0.15, 0.2) is 0 Å². The number of para-hydroxylation sites is 1. The molecular weight excluding hydrogens is 332 g/mol. The summed E-state index contributed by atoms with van der Waals surface area (Å²) in [5.41, 5.74) is 2.70. The van der Waals surface area contributed by atoms with Crippen molar-refractivity contribution >= 4 is 16.8 Å². The van der Waals surface area contributed by atoms with E-state index in [1.807, 2.05) is 54.1 Å². The number of fused-ring (bicyclic) bond motifs is 1. The molecule has 1 aliphatic heterocycles. The van der Waals surface area contributed by atoms with Crippen LogP contribution in [0.3, 0.4) is 0 Å². The van der Waals surface area contributed by atoms with Crippen molar-refractivity contribution in [3.05, 3.63) is 41.9 Å². The fraction of sp³-hybridized carbons (Fsp3) is 0.444. The zero-order chi connectivity index (χ0) is 18.3. The first kappa shape index (κ1) is 16.7. The van der Waals surface area contributed by atoms with Gasteiger partial charge in [-0.2, -0.15) is 5.10 Å². The van der Waals surface area contributed by atoms with E-state index in [-0.39, 0.29) is 24.3 Å². The Balaban J connectivity index is 1.53. The van der Waals surface area contributed by atoms with E-state index in [0.717, 1.165) is 22.3 Å². The number of carbonyl (C=O) groups excluding carboxylic acids is 1. The maximum Gasteiger partial charge on any atom is 0.228 e. The molecule has 3 aromatic rings. The van der Waals surface area contributed by atoms with Gasteiger partial charge in [0.25, 0.3) is 0 Å². The number of rotatable bonds is 4. The van der Waals surface area contributed by atoms with E-state index in [9.17, 15) is 4.79 Å². The first-order chi connectivity index (χ1) is 12.6. The Morgan fingerprint density at radius 1 is 1.27 bits per heavy atom. The van der Waals surface area contributed by atoms with Crippen LogP contribution in [0, 0.1) is 0 Å². The predicted octanol–water partition coefficient (Wildman–Crippen LogP) is 0.885. The average Bonchev–Trinajstić information content (AvgIpc) is 3.33. The van der Waals surface area contributed by atoms with Crippen LogP contribution in [-0.2, 0) is 30.0 Å². The summed E-state index contributed by atoms with van der Waals surface area (Å²) in [4.78, 5) is 14.7. The predicted molar refractivity (Wildman–Crippen MR) is 95.5 cm³/mol. The van der Waals surface area contributed by atoms with Crippen LogP contribution in [-0.4, -0.2) is 61.9 Å². The molecule has 0 aliphatic carbocycles. The summed E-state index contributed by atoms with van der Waals surface area (Å²) in [6.45, 7) is 1.14. The molecule has 1 fully saturated rings. The van der Waals surface area contributed by atoms with Gasteiger partial charge >= 0.3 is 0 Å². The monoisotopic (exact) mass is 354 g/mol. The minimum atomic E-state index is -0.0730. The molecule has 2 aromatic heterocycles. The van der Waals surface area contributed by atoms with Gasteiger partial charge in [0.1, 0.15) is 0 Å². The minimum absolute atomic E-state index is 0.0399. The van der Waals surface area contributed by atoms with Crippen LogP contribution in [0.25, 0.3) is 10.9 Å². The topological polar surface area (TPSA) is 78.1 Å². The smallest absolute Gasteiger partial charge is 0.228 e. The summed E-state index contributed by atoms with van der Waals surface area (Å²) in [5, 5.41) is 13.8. The zero-order valence-corrected chi connectivity index (χ0v) is 15.2. The number of nitrogens with zero attached hydrogens (tertiary/aromatic N) is 6. The molecule has 8 heteroatoms. The Hall–Kier alpha value is -2.74. The van der Waals surface area contributed by atoms with Gasteiger partial charge in [-0.3, -0.25) is 14.2 Å².